The average molecular weight is 338 g/mol. The standard InChI is InChI=1S/C15H18N2O5S/c1-15(2,3)13-8-12(16-22-13)9-23(20,21)17-11-6-4-5-10(7-11)14(18)19/h4-8,17H,9H2,1-3H3,(H,18,19). The zero-order valence-electron chi connectivity index (χ0n) is 13.0. The van der Waals surface area contributed by atoms with Crippen LogP contribution in [0.2, 0.25) is 0 Å². The fourth-order valence-electron chi connectivity index (χ4n) is 1.86. The third kappa shape index (κ3) is 4.56. The number of carboxylic acid groups (broad SMARTS) is 1. The Balaban J connectivity index is 2.15. The molecule has 23 heavy (non-hydrogen) atoms. The molecule has 2 N–H and O–H groups in total. The number of anilines is 1. The first-order valence-corrected chi connectivity index (χ1v) is 8.52. The summed E-state index contributed by atoms with van der Waals surface area (Å²) in [4.78, 5) is 10.9. The lowest BCUT2D eigenvalue weighted by Crippen LogP contribution is -2.15. The summed E-state index contributed by atoms with van der Waals surface area (Å²) >= 11 is 0. The van der Waals surface area contributed by atoms with Crippen molar-refractivity contribution in [1.29, 1.82) is 0 Å². The van der Waals surface area contributed by atoms with Crippen LogP contribution in [-0.2, 0) is 21.2 Å². The fraction of sp³-hybridized carbons (Fsp3) is 0.333. The molecule has 0 aliphatic heterocycles. The van der Waals surface area contributed by atoms with E-state index in [2.05, 4.69) is 9.88 Å². The first-order valence-electron chi connectivity index (χ1n) is 6.87. The van der Waals surface area contributed by atoms with E-state index in [9.17, 15) is 13.2 Å². The van der Waals surface area contributed by atoms with Gasteiger partial charge in [-0.15, -0.1) is 0 Å². The highest BCUT2D eigenvalue weighted by Gasteiger charge is 2.22. The van der Waals surface area contributed by atoms with Gasteiger partial charge >= 0.3 is 5.97 Å². The lowest BCUT2D eigenvalue weighted by molar-refractivity contribution is 0.0697. The van der Waals surface area contributed by atoms with Crippen LogP contribution in [0.1, 0.15) is 42.6 Å². The van der Waals surface area contributed by atoms with Gasteiger partial charge < -0.3 is 9.63 Å². The number of aromatic carboxylic acids is 1. The van der Waals surface area contributed by atoms with Crippen LogP contribution in [0.3, 0.4) is 0 Å². The van der Waals surface area contributed by atoms with Gasteiger partial charge in [-0.2, -0.15) is 0 Å². The van der Waals surface area contributed by atoms with Gasteiger partial charge in [0.15, 0.2) is 0 Å². The Morgan fingerprint density at radius 1 is 1.30 bits per heavy atom. The van der Waals surface area contributed by atoms with Gasteiger partial charge in [-0.1, -0.05) is 32.0 Å². The largest absolute Gasteiger partial charge is 0.478 e. The van der Waals surface area contributed by atoms with Crippen LogP contribution in [0.4, 0.5) is 5.69 Å². The summed E-state index contributed by atoms with van der Waals surface area (Å²) in [6.45, 7) is 5.80. The predicted molar refractivity (Wildman–Crippen MR) is 84.9 cm³/mol. The summed E-state index contributed by atoms with van der Waals surface area (Å²) < 4.78 is 31.8. The number of carbonyl (C=O) groups is 1. The molecular weight excluding hydrogens is 320 g/mol. The number of nitrogens with one attached hydrogen (secondary N) is 1. The predicted octanol–water partition coefficient (Wildman–Crippen LogP) is 2.61. The molecule has 0 atom stereocenters. The SMILES string of the molecule is CC(C)(C)c1cc(CS(=O)(=O)Nc2cccc(C(=O)O)c2)no1. The summed E-state index contributed by atoms with van der Waals surface area (Å²) in [5.41, 5.74) is 0.209. The number of rotatable bonds is 5. The zero-order chi connectivity index (χ0) is 17.3. The van der Waals surface area contributed by atoms with E-state index in [4.69, 9.17) is 9.63 Å². The quantitative estimate of drug-likeness (QED) is 0.867. The second-order valence-electron chi connectivity index (χ2n) is 6.18. The number of hydrogen-bond donors (Lipinski definition) is 2. The first-order chi connectivity index (χ1) is 10.6. The number of aromatic nitrogens is 1. The van der Waals surface area contributed by atoms with Crippen molar-refractivity contribution in [3.63, 3.8) is 0 Å². The highest BCUT2D eigenvalue weighted by Crippen LogP contribution is 2.23. The zero-order valence-corrected chi connectivity index (χ0v) is 13.8. The van der Waals surface area contributed by atoms with E-state index in [0.717, 1.165) is 0 Å². The Morgan fingerprint density at radius 2 is 2.00 bits per heavy atom. The van der Waals surface area contributed by atoms with Crippen LogP contribution in [0.15, 0.2) is 34.9 Å². The summed E-state index contributed by atoms with van der Waals surface area (Å²) in [5, 5.41) is 12.7. The normalized spacial score (nSPS) is 12.1. The molecule has 0 saturated heterocycles. The topological polar surface area (TPSA) is 110 Å². The molecule has 0 unspecified atom stereocenters. The van der Waals surface area contributed by atoms with Crippen molar-refractivity contribution in [2.45, 2.75) is 31.9 Å². The van der Waals surface area contributed by atoms with Gasteiger partial charge in [0.05, 0.1) is 5.56 Å². The molecule has 0 saturated carbocycles. The van der Waals surface area contributed by atoms with Gasteiger partial charge in [0.25, 0.3) is 0 Å². The molecule has 124 valence electrons. The highest BCUT2D eigenvalue weighted by atomic mass is 32.2. The van der Waals surface area contributed by atoms with E-state index in [1.165, 1.54) is 24.3 Å². The Kier molecular flexibility index (Phi) is 4.46. The minimum Gasteiger partial charge on any atom is -0.478 e. The number of carboxylic acids is 1. The van der Waals surface area contributed by atoms with Crippen LogP contribution < -0.4 is 4.72 Å². The second kappa shape index (κ2) is 6.04. The van der Waals surface area contributed by atoms with Gasteiger partial charge in [0.2, 0.25) is 10.0 Å². The van der Waals surface area contributed by atoms with E-state index in [0.29, 0.717) is 5.76 Å². The number of benzene rings is 1. The fourth-order valence-corrected chi connectivity index (χ4v) is 2.94. The van der Waals surface area contributed by atoms with Crippen molar-refractivity contribution in [2.24, 2.45) is 0 Å². The molecule has 0 radical (unpaired) electrons. The van der Waals surface area contributed by atoms with Crippen LogP contribution in [0.5, 0.6) is 0 Å². The first kappa shape index (κ1) is 17.0. The van der Waals surface area contributed by atoms with Crippen molar-refractivity contribution >= 4 is 21.7 Å². The van der Waals surface area contributed by atoms with Gasteiger partial charge in [0.1, 0.15) is 17.2 Å². The van der Waals surface area contributed by atoms with E-state index in [1.807, 2.05) is 20.8 Å². The molecule has 2 aromatic rings. The van der Waals surface area contributed by atoms with Crippen LogP contribution in [0, 0.1) is 0 Å². The Bertz CT molecular complexity index is 818. The van der Waals surface area contributed by atoms with Crippen LogP contribution in [-0.4, -0.2) is 24.7 Å². The van der Waals surface area contributed by atoms with Gasteiger partial charge in [-0.05, 0) is 18.2 Å². The molecule has 0 aliphatic rings. The smallest absolute Gasteiger partial charge is 0.335 e. The van der Waals surface area contributed by atoms with Crippen molar-refractivity contribution in [2.75, 3.05) is 4.72 Å². The highest BCUT2D eigenvalue weighted by molar-refractivity contribution is 7.91. The summed E-state index contributed by atoms with van der Waals surface area (Å²) in [6.07, 6.45) is 0. The Morgan fingerprint density at radius 3 is 2.57 bits per heavy atom. The van der Waals surface area contributed by atoms with Gasteiger partial charge in [-0.25, -0.2) is 13.2 Å². The lowest BCUT2D eigenvalue weighted by Gasteiger charge is -2.12. The summed E-state index contributed by atoms with van der Waals surface area (Å²) in [7, 11) is -3.73. The molecule has 0 fully saturated rings. The Hall–Kier alpha value is -2.35. The van der Waals surface area contributed by atoms with Crippen molar-refractivity contribution in [3.05, 3.63) is 47.3 Å². The molecule has 1 aromatic carbocycles. The second-order valence-corrected chi connectivity index (χ2v) is 7.90. The summed E-state index contributed by atoms with van der Waals surface area (Å²) in [6, 6.07) is 7.19. The number of nitrogens with zero attached hydrogens (tertiary/aromatic N) is 1. The average Bonchev–Trinajstić information content (AvgIpc) is 2.86. The molecule has 0 aliphatic carbocycles. The molecule has 0 amide bonds. The maximum Gasteiger partial charge on any atom is 0.335 e. The molecule has 7 nitrogen and oxygen atoms in total. The minimum absolute atomic E-state index is 0.00153. The van der Waals surface area contributed by atoms with Crippen molar-refractivity contribution < 1.29 is 22.8 Å². The van der Waals surface area contributed by atoms with E-state index in [1.54, 1.807) is 6.07 Å². The van der Waals surface area contributed by atoms with Crippen molar-refractivity contribution in [3.8, 4) is 0 Å². The number of sulfonamides is 1. The third-order valence-corrected chi connectivity index (χ3v) is 4.24. The summed E-state index contributed by atoms with van der Waals surface area (Å²) in [5.74, 6) is -0.892. The van der Waals surface area contributed by atoms with Crippen LogP contribution >= 0.6 is 0 Å². The molecule has 0 spiro atoms. The minimum atomic E-state index is -3.73. The number of hydrogen-bond acceptors (Lipinski definition) is 5. The molecule has 0 bridgehead atoms. The third-order valence-electron chi connectivity index (χ3n) is 3.02. The van der Waals surface area contributed by atoms with Gasteiger partial charge in [-0.3, -0.25) is 4.72 Å². The van der Waals surface area contributed by atoms with Crippen molar-refractivity contribution in [1.82, 2.24) is 5.16 Å². The van der Waals surface area contributed by atoms with Crippen LogP contribution in [0.25, 0.3) is 0 Å². The molecular formula is C15H18N2O5S. The molecule has 2 rings (SSSR count). The molecule has 1 heterocycles. The monoisotopic (exact) mass is 338 g/mol. The maximum absolute atomic E-state index is 12.2. The molecule has 8 heteroatoms. The van der Waals surface area contributed by atoms with E-state index < -0.39 is 16.0 Å². The van der Waals surface area contributed by atoms with Gasteiger partial charge in [0, 0.05) is 17.2 Å². The Labute approximate surface area is 134 Å². The van der Waals surface area contributed by atoms with E-state index >= 15 is 0 Å². The van der Waals surface area contributed by atoms with E-state index in [-0.39, 0.29) is 28.1 Å². The maximum atomic E-state index is 12.2. The molecule has 1 aromatic heterocycles. The lowest BCUT2D eigenvalue weighted by atomic mass is 9.93.